The third-order valence-corrected chi connectivity index (χ3v) is 3.43. The Bertz CT molecular complexity index is 472. The molecule has 2 rings (SSSR count). The van der Waals surface area contributed by atoms with Crippen LogP contribution >= 0.6 is 0 Å². The van der Waals surface area contributed by atoms with Crippen LogP contribution in [0.25, 0.3) is 0 Å². The summed E-state index contributed by atoms with van der Waals surface area (Å²) in [7, 11) is 0. The van der Waals surface area contributed by atoms with E-state index in [9.17, 15) is 5.11 Å². The van der Waals surface area contributed by atoms with Crippen LogP contribution in [0.2, 0.25) is 0 Å². The Labute approximate surface area is 119 Å². The molecule has 1 aliphatic rings. The minimum Gasteiger partial charge on any atom is -0.393 e. The molecule has 0 bridgehead atoms. The number of hydrogen-bond acceptors (Lipinski definition) is 6. The van der Waals surface area contributed by atoms with Crippen molar-refractivity contribution >= 4 is 11.6 Å². The zero-order valence-electron chi connectivity index (χ0n) is 12.4. The second-order valence-electron chi connectivity index (χ2n) is 5.72. The Kier molecular flexibility index (Phi) is 4.45. The van der Waals surface area contributed by atoms with Crippen LogP contribution in [0.1, 0.15) is 44.0 Å². The highest BCUT2D eigenvalue weighted by atomic mass is 16.3. The highest BCUT2D eigenvalue weighted by molar-refractivity contribution is 5.57. The monoisotopic (exact) mass is 280 g/mol. The molecule has 1 saturated carbocycles. The van der Waals surface area contributed by atoms with Gasteiger partial charge in [0.2, 0.25) is 0 Å². The fraction of sp³-hybridized carbons (Fsp3) is 0.714. The maximum atomic E-state index is 9.87. The number of aliphatic hydroxyl groups excluding tert-OH is 1. The van der Waals surface area contributed by atoms with Gasteiger partial charge in [-0.1, -0.05) is 0 Å². The van der Waals surface area contributed by atoms with Crippen molar-refractivity contribution in [3.8, 4) is 0 Å². The summed E-state index contributed by atoms with van der Waals surface area (Å²) in [4.78, 5) is 9.13. The number of nitrogens with zero attached hydrogens (tertiary/aromatic N) is 2. The lowest BCUT2D eigenvalue weighted by atomic mass is 10.1. The molecule has 20 heavy (non-hydrogen) atoms. The average molecular weight is 280 g/mol. The fourth-order valence-corrected chi connectivity index (χ4v) is 1.90. The van der Waals surface area contributed by atoms with E-state index in [4.69, 9.17) is 5.11 Å². The first-order valence-corrected chi connectivity index (χ1v) is 7.16. The highest BCUT2D eigenvalue weighted by Crippen LogP contribution is 2.39. The normalized spacial score (nSPS) is 17.6. The van der Waals surface area contributed by atoms with Crippen LogP contribution in [0.15, 0.2) is 0 Å². The summed E-state index contributed by atoms with van der Waals surface area (Å²) >= 11 is 0. The molecule has 1 unspecified atom stereocenters. The molecule has 0 aromatic carbocycles. The van der Waals surface area contributed by atoms with Crippen molar-refractivity contribution in [1.82, 2.24) is 9.97 Å². The number of hydrogen-bond donors (Lipinski definition) is 4. The Morgan fingerprint density at radius 2 is 1.85 bits per heavy atom. The zero-order valence-corrected chi connectivity index (χ0v) is 12.4. The molecule has 0 saturated heterocycles. The van der Waals surface area contributed by atoms with E-state index in [0.29, 0.717) is 5.92 Å². The van der Waals surface area contributed by atoms with Crippen LogP contribution in [0.3, 0.4) is 0 Å². The molecule has 0 radical (unpaired) electrons. The zero-order chi connectivity index (χ0) is 14.8. The van der Waals surface area contributed by atoms with E-state index in [-0.39, 0.29) is 13.2 Å². The van der Waals surface area contributed by atoms with Gasteiger partial charge in [0.25, 0.3) is 0 Å². The van der Waals surface area contributed by atoms with E-state index in [0.717, 1.165) is 42.4 Å². The molecule has 1 aliphatic carbocycles. The molecule has 4 N–H and O–H groups in total. The molecule has 0 spiro atoms. The third-order valence-electron chi connectivity index (χ3n) is 3.43. The Hall–Kier alpha value is -1.40. The van der Waals surface area contributed by atoms with E-state index in [2.05, 4.69) is 20.6 Å². The molecule has 1 fully saturated rings. The van der Waals surface area contributed by atoms with Crippen molar-refractivity contribution in [1.29, 1.82) is 0 Å². The van der Waals surface area contributed by atoms with Crippen LogP contribution in [-0.4, -0.2) is 45.5 Å². The molecule has 0 amide bonds. The Morgan fingerprint density at radius 3 is 2.35 bits per heavy atom. The lowest BCUT2D eigenvalue weighted by Gasteiger charge is -2.22. The van der Waals surface area contributed by atoms with Crippen molar-refractivity contribution in [3.63, 3.8) is 0 Å². The average Bonchev–Trinajstić information content (AvgIpc) is 3.24. The summed E-state index contributed by atoms with van der Waals surface area (Å²) in [6, 6.07) is 0. The van der Waals surface area contributed by atoms with Crippen molar-refractivity contribution in [2.45, 2.75) is 45.1 Å². The number of rotatable bonds is 7. The summed E-state index contributed by atoms with van der Waals surface area (Å²) in [5.74, 6) is 2.90. The lowest BCUT2D eigenvalue weighted by Crippen LogP contribution is -2.37. The fourth-order valence-electron chi connectivity index (χ4n) is 1.90. The summed E-state index contributed by atoms with van der Waals surface area (Å²) in [6.07, 6.45) is 2.28. The van der Waals surface area contributed by atoms with Crippen molar-refractivity contribution in [3.05, 3.63) is 11.4 Å². The predicted molar refractivity (Wildman–Crippen MR) is 79.1 cm³/mol. The maximum absolute atomic E-state index is 9.87. The number of nitrogens with one attached hydrogen (secondary N) is 2. The van der Waals surface area contributed by atoms with Gasteiger partial charge in [0.05, 0.1) is 6.61 Å². The second-order valence-corrected chi connectivity index (χ2v) is 5.72. The van der Waals surface area contributed by atoms with Gasteiger partial charge in [0, 0.05) is 24.6 Å². The molecule has 1 atom stereocenters. The minimum atomic E-state index is -1.16. The first-order chi connectivity index (χ1) is 9.46. The van der Waals surface area contributed by atoms with Gasteiger partial charge in [-0.2, -0.15) is 0 Å². The quantitative estimate of drug-likeness (QED) is 0.601. The largest absolute Gasteiger partial charge is 0.393 e. The van der Waals surface area contributed by atoms with E-state index >= 15 is 0 Å². The molecule has 6 nitrogen and oxygen atoms in total. The van der Waals surface area contributed by atoms with Crippen LogP contribution < -0.4 is 10.6 Å². The third kappa shape index (κ3) is 3.58. The summed E-state index contributed by atoms with van der Waals surface area (Å²) in [5.41, 5.74) is -0.222. The molecular formula is C14H24N4O2. The van der Waals surface area contributed by atoms with Gasteiger partial charge in [-0.3, -0.25) is 0 Å². The van der Waals surface area contributed by atoms with Crippen LogP contribution in [0.5, 0.6) is 0 Å². The maximum Gasteiger partial charge on any atom is 0.136 e. The van der Waals surface area contributed by atoms with Crippen LogP contribution in [-0.2, 0) is 0 Å². The lowest BCUT2D eigenvalue weighted by molar-refractivity contribution is 0.0131. The first kappa shape index (κ1) is 15.0. The number of aromatic nitrogens is 2. The molecule has 112 valence electrons. The predicted octanol–water partition coefficient (Wildman–Crippen LogP) is 1.25. The van der Waals surface area contributed by atoms with Gasteiger partial charge < -0.3 is 20.8 Å². The van der Waals surface area contributed by atoms with Gasteiger partial charge in [0.1, 0.15) is 23.1 Å². The molecule has 0 aliphatic heterocycles. The Balaban J connectivity index is 2.21. The van der Waals surface area contributed by atoms with Gasteiger partial charge in [-0.25, -0.2) is 9.97 Å². The smallest absolute Gasteiger partial charge is 0.136 e. The molecule has 1 heterocycles. The van der Waals surface area contributed by atoms with Crippen molar-refractivity contribution in [2.24, 2.45) is 0 Å². The SMILES string of the molecule is CCNc1nc(C2CC2)nc(NCC(C)(O)CO)c1C. The molecular weight excluding hydrogens is 256 g/mol. The Morgan fingerprint density at radius 1 is 1.25 bits per heavy atom. The molecule has 1 aromatic heterocycles. The van der Waals surface area contributed by atoms with E-state index in [1.54, 1.807) is 6.92 Å². The number of aliphatic hydroxyl groups is 2. The first-order valence-electron chi connectivity index (χ1n) is 7.16. The van der Waals surface area contributed by atoms with Crippen LogP contribution in [0, 0.1) is 6.92 Å². The summed E-state index contributed by atoms with van der Waals surface area (Å²) in [5, 5.41) is 25.3. The molecule has 6 heteroatoms. The topological polar surface area (TPSA) is 90.3 Å². The van der Waals surface area contributed by atoms with E-state index < -0.39 is 5.60 Å². The highest BCUT2D eigenvalue weighted by Gasteiger charge is 2.28. The van der Waals surface area contributed by atoms with Crippen LogP contribution in [0.4, 0.5) is 11.6 Å². The van der Waals surface area contributed by atoms with Crippen molar-refractivity contribution < 1.29 is 10.2 Å². The van der Waals surface area contributed by atoms with E-state index in [1.165, 1.54) is 0 Å². The summed E-state index contributed by atoms with van der Waals surface area (Å²) < 4.78 is 0. The van der Waals surface area contributed by atoms with Gasteiger partial charge in [-0.15, -0.1) is 0 Å². The van der Waals surface area contributed by atoms with Gasteiger partial charge in [-0.05, 0) is 33.6 Å². The standard InChI is InChI=1S/C14H24N4O2/c1-4-15-11-9(2)12(16-7-14(3,20)8-19)18-13(17-11)10-5-6-10/h10,19-20H,4-8H2,1-3H3,(H2,15,16,17,18). The molecule has 1 aromatic rings. The summed E-state index contributed by atoms with van der Waals surface area (Å²) in [6.45, 7) is 6.32. The number of anilines is 2. The van der Waals surface area contributed by atoms with Gasteiger partial charge >= 0.3 is 0 Å². The minimum absolute atomic E-state index is 0.247. The van der Waals surface area contributed by atoms with E-state index in [1.807, 2.05) is 13.8 Å². The van der Waals surface area contributed by atoms with Crippen molar-refractivity contribution in [2.75, 3.05) is 30.3 Å². The van der Waals surface area contributed by atoms with Gasteiger partial charge in [0.15, 0.2) is 0 Å². The second kappa shape index (κ2) is 5.93.